The molecule has 1 aliphatic rings. The summed E-state index contributed by atoms with van der Waals surface area (Å²) in [5.41, 5.74) is 7.43. The van der Waals surface area contributed by atoms with E-state index in [0.717, 1.165) is 0 Å². The highest BCUT2D eigenvalue weighted by Gasteiger charge is 2.30. The smallest absolute Gasteiger partial charge is 0.0101 e. The van der Waals surface area contributed by atoms with Crippen LogP contribution in [-0.2, 0) is 0 Å². The Morgan fingerprint density at radius 1 is 0.708 bits per heavy atom. The first-order valence-corrected chi connectivity index (χ1v) is 8.98. The Morgan fingerprint density at radius 2 is 1.29 bits per heavy atom. The maximum Gasteiger partial charge on any atom is 0.0101 e. The van der Waals surface area contributed by atoms with Gasteiger partial charge in [0.2, 0.25) is 0 Å². The number of rotatable bonds is 3. The molecule has 0 spiro atoms. The van der Waals surface area contributed by atoms with Crippen molar-refractivity contribution >= 4 is 0 Å². The first-order chi connectivity index (χ1) is 11.8. The highest BCUT2D eigenvalue weighted by Crippen LogP contribution is 2.47. The van der Waals surface area contributed by atoms with Crippen LogP contribution in [0.5, 0.6) is 0 Å². The summed E-state index contributed by atoms with van der Waals surface area (Å²) < 4.78 is 0. The minimum atomic E-state index is 0.422. The Labute approximate surface area is 145 Å². The Hall–Kier alpha value is -2.34. The van der Waals surface area contributed by atoms with Crippen LogP contribution >= 0.6 is 0 Å². The van der Waals surface area contributed by atoms with Crippen molar-refractivity contribution < 1.29 is 0 Å². The summed E-state index contributed by atoms with van der Waals surface area (Å²) in [6, 6.07) is 28.9. The van der Waals surface area contributed by atoms with Gasteiger partial charge in [-0.2, -0.15) is 0 Å². The summed E-state index contributed by atoms with van der Waals surface area (Å²) in [5, 5.41) is 0. The SMILES string of the molecule is C[C@H](c1ccccc1)c1ccccc1[C@@H]1C[C@H](C)c2ccccc21. The molecule has 0 aliphatic heterocycles. The predicted octanol–water partition coefficient (Wildman–Crippen LogP) is 6.48. The van der Waals surface area contributed by atoms with Crippen molar-refractivity contribution in [2.24, 2.45) is 0 Å². The molecule has 0 unspecified atom stereocenters. The molecule has 0 saturated heterocycles. The highest BCUT2D eigenvalue weighted by atomic mass is 14.3. The van der Waals surface area contributed by atoms with Crippen LogP contribution in [0.2, 0.25) is 0 Å². The summed E-state index contributed by atoms with van der Waals surface area (Å²) in [6.45, 7) is 4.69. The Bertz CT molecular complexity index is 831. The monoisotopic (exact) mass is 312 g/mol. The summed E-state index contributed by atoms with van der Waals surface area (Å²) in [4.78, 5) is 0. The van der Waals surface area contributed by atoms with E-state index < -0.39 is 0 Å². The van der Waals surface area contributed by atoms with Crippen molar-refractivity contribution in [3.8, 4) is 0 Å². The molecular formula is C24H24. The molecule has 0 amide bonds. The lowest BCUT2D eigenvalue weighted by Gasteiger charge is -2.22. The Morgan fingerprint density at radius 3 is 2.04 bits per heavy atom. The molecule has 0 radical (unpaired) electrons. The van der Waals surface area contributed by atoms with Gasteiger partial charge in [0.05, 0.1) is 0 Å². The van der Waals surface area contributed by atoms with Crippen LogP contribution in [-0.4, -0.2) is 0 Å². The molecule has 120 valence electrons. The predicted molar refractivity (Wildman–Crippen MR) is 102 cm³/mol. The van der Waals surface area contributed by atoms with E-state index in [1.807, 2.05) is 0 Å². The van der Waals surface area contributed by atoms with Gasteiger partial charge < -0.3 is 0 Å². The molecule has 3 aromatic carbocycles. The van der Waals surface area contributed by atoms with Gasteiger partial charge in [-0.15, -0.1) is 0 Å². The second-order valence-corrected chi connectivity index (χ2v) is 7.08. The van der Waals surface area contributed by atoms with Crippen LogP contribution in [0.4, 0.5) is 0 Å². The molecule has 0 saturated carbocycles. The lowest BCUT2D eigenvalue weighted by atomic mass is 9.82. The minimum Gasteiger partial charge on any atom is -0.0622 e. The normalized spacial score (nSPS) is 20.6. The maximum absolute atomic E-state index is 2.36. The van der Waals surface area contributed by atoms with Gasteiger partial charge in [0.1, 0.15) is 0 Å². The largest absolute Gasteiger partial charge is 0.0622 e. The van der Waals surface area contributed by atoms with E-state index in [9.17, 15) is 0 Å². The molecule has 0 heteroatoms. The molecule has 0 fully saturated rings. The van der Waals surface area contributed by atoms with E-state index in [2.05, 4.69) is 92.7 Å². The fourth-order valence-corrected chi connectivity index (χ4v) is 4.32. The fraction of sp³-hybridized carbons (Fsp3) is 0.250. The Balaban J connectivity index is 1.79. The van der Waals surface area contributed by atoms with Crippen molar-refractivity contribution in [1.29, 1.82) is 0 Å². The third-order valence-electron chi connectivity index (χ3n) is 5.63. The van der Waals surface area contributed by atoms with Gasteiger partial charge in [0.25, 0.3) is 0 Å². The van der Waals surface area contributed by atoms with E-state index in [-0.39, 0.29) is 0 Å². The van der Waals surface area contributed by atoms with Gasteiger partial charge in [0.15, 0.2) is 0 Å². The average molecular weight is 312 g/mol. The molecule has 0 nitrogen and oxygen atoms in total. The van der Waals surface area contributed by atoms with Crippen molar-refractivity contribution in [3.05, 3.63) is 107 Å². The van der Waals surface area contributed by atoms with Gasteiger partial charge in [-0.3, -0.25) is 0 Å². The summed E-state index contributed by atoms with van der Waals surface area (Å²) in [5.74, 6) is 1.59. The zero-order chi connectivity index (χ0) is 16.5. The standard InChI is InChI=1S/C24H24/c1-17-16-24(22-14-8-6-12-20(17)22)23-15-9-7-13-21(23)18(2)19-10-4-3-5-11-19/h3-15,17-18,24H,16H2,1-2H3/t17-,18+,24+/m0/s1. The molecule has 3 atom stereocenters. The zero-order valence-corrected chi connectivity index (χ0v) is 14.4. The van der Waals surface area contributed by atoms with Crippen LogP contribution in [0.3, 0.4) is 0 Å². The zero-order valence-electron chi connectivity index (χ0n) is 14.4. The molecule has 4 rings (SSSR count). The fourth-order valence-electron chi connectivity index (χ4n) is 4.32. The number of fused-ring (bicyclic) bond motifs is 1. The van der Waals surface area contributed by atoms with E-state index in [0.29, 0.717) is 17.8 Å². The van der Waals surface area contributed by atoms with Gasteiger partial charge >= 0.3 is 0 Å². The van der Waals surface area contributed by atoms with Crippen LogP contribution in [0.25, 0.3) is 0 Å². The van der Waals surface area contributed by atoms with E-state index in [1.165, 1.54) is 34.2 Å². The van der Waals surface area contributed by atoms with Gasteiger partial charge in [-0.25, -0.2) is 0 Å². The quantitative estimate of drug-likeness (QED) is 0.519. The maximum atomic E-state index is 2.36. The van der Waals surface area contributed by atoms with Crippen molar-refractivity contribution in [2.45, 2.75) is 38.0 Å². The minimum absolute atomic E-state index is 0.422. The summed E-state index contributed by atoms with van der Waals surface area (Å²) >= 11 is 0. The third-order valence-corrected chi connectivity index (χ3v) is 5.63. The second-order valence-electron chi connectivity index (χ2n) is 7.08. The van der Waals surface area contributed by atoms with E-state index in [4.69, 9.17) is 0 Å². The van der Waals surface area contributed by atoms with Crippen LogP contribution in [0.15, 0.2) is 78.9 Å². The van der Waals surface area contributed by atoms with Crippen molar-refractivity contribution in [3.63, 3.8) is 0 Å². The average Bonchev–Trinajstić information content (AvgIpc) is 2.99. The van der Waals surface area contributed by atoms with Crippen molar-refractivity contribution in [2.75, 3.05) is 0 Å². The first-order valence-electron chi connectivity index (χ1n) is 8.98. The molecular weight excluding hydrogens is 288 g/mol. The molecule has 24 heavy (non-hydrogen) atoms. The van der Waals surface area contributed by atoms with Gasteiger partial charge in [-0.05, 0) is 40.2 Å². The van der Waals surface area contributed by atoms with Crippen LogP contribution < -0.4 is 0 Å². The number of hydrogen-bond donors (Lipinski definition) is 0. The van der Waals surface area contributed by atoms with E-state index >= 15 is 0 Å². The highest BCUT2D eigenvalue weighted by molar-refractivity contribution is 5.49. The Kier molecular flexibility index (Phi) is 3.98. The molecule has 0 N–H and O–H groups in total. The first kappa shape index (κ1) is 15.2. The molecule has 0 bridgehead atoms. The topological polar surface area (TPSA) is 0 Å². The summed E-state index contributed by atoms with van der Waals surface area (Å²) in [7, 11) is 0. The van der Waals surface area contributed by atoms with Crippen molar-refractivity contribution in [1.82, 2.24) is 0 Å². The number of benzene rings is 3. The molecule has 1 aliphatic carbocycles. The summed E-state index contributed by atoms with van der Waals surface area (Å²) in [6.07, 6.45) is 1.22. The second kappa shape index (κ2) is 6.28. The number of hydrogen-bond acceptors (Lipinski definition) is 0. The third kappa shape index (κ3) is 2.57. The van der Waals surface area contributed by atoms with E-state index in [1.54, 1.807) is 0 Å². The van der Waals surface area contributed by atoms with Gasteiger partial charge in [0, 0.05) is 11.8 Å². The molecule has 0 aromatic heterocycles. The lowest BCUT2D eigenvalue weighted by molar-refractivity contribution is 0.678. The van der Waals surface area contributed by atoms with Crippen LogP contribution in [0.1, 0.15) is 65.8 Å². The molecule has 0 heterocycles. The molecule has 3 aromatic rings. The lowest BCUT2D eigenvalue weighted by Crippen LogP contribution is -2.05. The van der Waals surface area contributed by atoms with Gasteiger partial charge in [-0.1, -0.05) is 92.7 Å². The van der Waals surface area contributed by atoms with Crippen LogP contribution in [0, 0.1) is 0 Å².